The molecular formula is C15H19N3O2S. The minimum Gasteiger partial charge on any atom is -0.272 e. The molecule has 2 aromatic rings. The average Bonchev–Trinajstić information content (AvgIpc) is 2.87. The van der Waals surface area contributed by atoms with Crippen molar-refractivity contribution < 1.29 is 8.42 Å². The highest BCUT2D eigenvalue weighted by molar-refractivity contribution is 7.92. The Balaban J connectivity index is 2.06. The molecule has 3 rings (SSSR count). The molecule has 0 atom stereocenters. The van der Waals surface area contributed by atoms with Crippen LogP contribution in [0.1, 0.15) is 25.3 Å². The highest BCUT2D eigenvalue weighted by Crippen LogP contribution is 2.30. The average molecular weight is 305 g/mol. The van der Waals surface area contributed by atoms with Crippen LogP contribution in [0, 0.1) is 0 Å². The summed E-state index contributed by atoms with van der Waals surface area (Å²) in [6.45, 7) is 3.12. The number of aryl methyl sites for hydroxylation is 2. The van der Waals surface area contributed by atoms with Gasteiger partial charge in [-0.15, -0.1) is 0 Å². The van der Waals surface area contributed by atoms with Crippen LogP contribution < -0.4 is 4.31 Å². The number of rotatable bonds is 3. The third-order valence-electron chi connectivity index (χ3n) is 3.84. The van der Waals surface area contributed by atoms with E-state index in [-0.39, 0.29) is 4.90 Å². The standard InChI is InChI=1S/C15H19N3O2S/c1-2-17-12-14(11-16-17)21(19,20)18-10-6-5-8-13-7-3-4-9-15(13)18/h3-4,7,9,11-12H,2,5-6,8,10H2,1H3. The molecule has 0 bridgehead atoms. The molecule has 1 aliphatic heterocycles. The summed E-state index contributed by atoms with van der Waals surface area (Å²) in [4.78, 5) is 0.265. The van der Waals surface area contributed by atoms with Gasteiger partial charge in [0.1, 0.15) is 4.90 Å². The van der Waals surface area contributed by atoms with Crippen LogP contribution in [-0.4, -0.2) is 24.7 Å². The summed E-state index contributed by atoms with van der Waals surface area (Å²) in [5, 5.41) is 4.09. The molecular weight excluding hydrogens is 286 g/mol. The van der Waals surface area contributed by atoms with Crippen LogP contribution in [0.15, 0.2) is 41.6 Å². The first-order valence-corrected chi connectivity index (χ1v) is 8.70. The molecule has 0 N–H and O–H groups in total. The van der Waals surface area contributed by atoms with E-state index in [4.69, 9.17) is 0 Å². The van der Waals surface area contributed by atoms with Gasteiger partial charge in [-0.2, -0.15) is 5.10 Å². The van der Waals surface area contributed by atoms with E-state index in [0.717, 1.165) is 30.5 Å². The topological polar surface area (TPSA) is 55.2 Å². The van der Waals surface area contributed by atoms with Gasteiger partial charge in [0.2, 0.25) is 0 Å². The Morgan fingerprint density at radius 2 is 2.05 bits per heavy atom. The van der Waals surface area contributed by atoms with Crippen LogP contribution >= 0.6 is 0 Å². The van der Waals surface area contributed by atoms with Gasteiger partial charge in [0.15, 0.2) is 0 Å². The summed E-state index contributed by atoms with van der Waals surface area (Å²) in [6, 6.07) is 7.76. The molecule has 0 fully saturated rings. The zero-order valence-corrected chi connectivity index (χ0v) is 12.9. The number of benzene rings is 1. The second-order valence-electron chi connectivity index (χ2n) is 5.19. The van der Waals surface area contributed by atoms with E-state index in [1.54, 1.807) is 10.9 Å². The number of hydrogen-bond donors (Lipinski definition) is 0. The molecule has 0 unspecified atom stereocenters. The van der Waals surface area contributed by atoms with Crippen molar-refractivity contribution in [1.82, 2.24) is 9.78 Å². The normalized spacial score (nSPS) is 15.6. The summed E-state index contributed by atoms with van der Waals surface area (Å²) in [5.74, 6) is 0. The van der Waals surface area contributed by atoms with Gasteiger partial charge in [0.25, 0.3) is 10.0 Å². The smallest absolute Gasteiger partial charge is 0.267 e. The predicted molar refractivity (Wildman–Crippen MR) is 81.8 cm³/mol. The number of nitrogens with zero attached hydrogens (tertiary/aromatic N) is 3. The fourth-order valence-electron chi connectivity index (χ4n) is 2.68. The van der Waals surface area contributed by atoms with Crippen molar-refractivity contribution in [2.45, 2.75) is 37.6 Å². The number of sulfonamides is 1. The fourth-order valence-corrected chi connectivity index (χ4v) is 4.18. The number of para-hydroxylation sites is 1. The van der Waals surface area contributed by atoms with E-state index in [0.29, 0.717) is 13.1 Å². The number of fused-ring (bicyclic) bond motifs is 1. The molecule has 6 heteroatoms. The Morgan fingerprint density at radius 3 is 2.81 bits per heavy atom. The molecule has 0 saturated carbocycles. The maximum atomic E-state index is 12.9. The number of aromatic nitrogens is 2. The lowest BCUT2D eigenvalue weighted by Crippen LogP contribution is -2.31. The maximum absolute atomic E-state index is 12.9. The van der Waals surface area contributed by atoms with Gasteiger partial charge in [-0.3, -0.25) is 8.99 Å². The summed E-state index contributed by atoms with van der Waals surface area (Å²) in [5.41, 5.74) is 1.90. The highest BCUT2D eigenvalue weighted by Gasteiger charge is 2.28. The van der Waals surface area contributed by atoms with Gasteiger partial charge < -0.3 is 0 Å². The monoisotopic (exact) mass is 305 g/mol. The Labute approximate surface area is 125 Å². The zero-order valence-electron chi connectivity index (χ0n) is 12.1. The highest BCUT2D eigenvalue weighted by atomic mass is 32.2. The number of hydrogen-bond acceptors (Lipinski definition) is 3. The molecule has 0 spiro atoms. The first-order valence-electron chi connectivity index (χ1n) is 7.26. The Hall–Kier alpha value is -1.82. The van der Waals surface area contributed by atoms with Crippen molar-refractivity contribution in [3.8, 4) is 0 Å². The molecule has 0 radical (unpaired) electrons. The molecule has 1 aliphatic rings. The summed E-state index contributed by atoms with van der Waals surface area (Å²) in [7, 11) is -3.54. The summed E-state index contributed by atoms with van der Waals surface area (Å²) < 4.78 is 29.0. The van der Waals surface area contributed by atoms with Crippen molar-refractivity contribution in [3.05, 3.63) is 42.2 Å². The predicted octanol–water partition coefficient (Wildman–Crippen LogP) is 2.43. The molecule has 5 nitrogen and oxygen atoms in total. The van der Waals surface area contributed by atoms with Crippen LogP contribution in [0.3, 0.4) is 0 Å². The van der Waals surface area contributed by atoms with E-state index in [9.17, 15) is 8.42 Å². The third-order valence-corrected chi connectivity index (χ3v) is 5.61. The Kier molecular flexibility index (Phi) is 3.71. The van der Waals surface area contributed by atoms with Crippen molar-refractivity contribution in [2.24, 2.45) is 0 Å². The molecule has 1 aromatic heterocycles. The zero-order chi connectivity index (χ0) is 14.9. The van der Waals surface area contributed by atoms with Crippen LogP contribution in [0.2, 0.25) is 0 Å². The molecule has 0 aliphatic carbocycles. The van der Waals surface area contributed by atoms with Crippen LogP contribution in [0.5, 0.6) is 0 Å². The second kappa shape index (κ2) is 5.52. The van der Waals surface area contributed by atoms with E-state index in [1.807, 2.05) is 31.2 Å². The quantitative estimate of drug-likeness (QED) is 0.875. The molecule has 2 heterocycles. The Bertz CT molecular complexity index is 737. The minimum atomic E-state index is -3.54. The maximum Gasteiger partial charge on any atom is 0.267 e. The SMILES string of the molecule is CCn1cc(S(=O)(=O)N2CCCCc3ccccc32)cn1. The molecule has 1 aromatic carbocycles. The van der Waals surface area contributed by atoms with E-state index in [1.165, 1.54) is 10.5 Å². The van der Waals surface area contributed by atoms with Gasteiger partial charge in [0, 0.05) is 19.3 Å². The molecule has 0 saturated heterocycles. The molecule has 0 amide bonds. The van der Waals surface area contributed by atoms with Gasteiger partial charge in [-0.1, -0.05) is 18.2 Å². The lowest BCUT2D eigenvalue weighted by molar-refractivity contribution is 0.588. The first-order chi connectivity index (χ1) is 10.1. The van der Waals surface area contributed by atoms with E-state index >= 15 is 0 Å². The van der Waals surface area contributed by atoms with Crippen molar-refractivity contribution in [3.63, 3.8) is 0 Å². The fraction of sp³-hybridized carbons (Fsp3) is 0.400. The van der Waals surface area contributed by atoms with Crippen molar-refractivity contribution in [1.29, 1.82) is 0 Å². The first kappa shape index (κ1) is 14.1. The van der Waals surface area contributed by atoms with Crippen molar-refractivity contribution >= 4 is 15.7 Å². The number of anilines is 1. The lowest BCUT2D eigenvalue weighted by atomic mass is 10.1. The third kappa shape index (κ3) is 2.55. The molecule has 112 valence electrons. The summed E-state index contributed by atoms with van der Waals surface area (Å²) >= 11 is 0. The van der Waals surface area contributed by atoms with Crippen LogP contribution in [0.4, 0.5) is 5.69 Å². The van der Waals surface area contributed by atoms with Crippen LogP contribution in [0.25, 0.3) is 0 Å². The van der Waals surface area contributed by atoms with Gasteiger partial charge >= 0.3 is 0 Å². The Morgan fingerprint density at radius 1 is 1.24 bits per heavy atom. The largest absolute Gasteiger partial charge is 0.272 e. The van der Waals surface area contributed by atoms with E-state index < -0.39 is 10.0 Å². The minimum absolute atomic E-state index is 0.265. The van der Waals surface area contributed by atoms with Gasteiger partial charge in [-0.05, 0) is 37.8 Å². The summed E-state index contributed by atoms with van der Waals surface area (Å²) in [6.07, 6.45) is 5.85. The van der Waals surface area contributed by atoms with E-state index in [2.05, 4.69) is 5.10 Å². The van der Waals surface area contributed by atoms with Gasteiger partial charge in [-0.25, -0.2) is 8.42 Å². The van der Waals surface area contributed by atoms with Crippen LogP contribution in [-0.2, 0) is 23.0 Å². The molecule has 21 heavy (non-hydrogen) atoms. The lowest BCUT2D eigenvalue weighted by Gasteiger charge is -2.23. The van der Waals surface area contributed by atoms with Crippen molar-refractivity contribution in [2.75, 3.05) is 10.8 Å². The van der Waals surface area contributed by atoms with Gasteiger partial charge in [0.05, 0.1) is 11.9 Å². The second-order valence-corrected chi connectivity index (χ2v) is 7.06.